The summed E-state index contributed by atoms with van der Waals surface area (Å²) in [6.45, 7) is 4.47. The first-order valence-corrected chi connectivity index (χ1v) is 4.39. The normalized spacial score (nSPS) is 27.2. The predicted octanol–water partition coefficient (Wildman–Crippen LogP) is 2.43. The van der Waals surface area contributed by atoms with Crippen LogP contribution < -0.4 is 0 Å². The third-order valence-corrected chi connectivity index (χ3v) is 2.37. The van der Waals surface area contributed by atoms with E-state index in [9.17, 15) is 0 Å². The summed E-state index contributed by atoms with van der Waals surface area (Å²) in [7, 11) is 0. The van der Waals surface area contributed by atoms with Crippen LogP contribution >= 0.6 is 22.6 Å². The van der Waals surface area contributed by atoms with Crippen LogP contribution in [0.4, 0.5) is 0 Å². The second-order valence-corrected chi connectivity index (χ2v) is 5.77. The fourth-order valence-electron chi connectivity index (χ4n) is 1.03. The highest BCUT2D eigenvalue weighted by molar-refractivity contribution is 14.1. The SMILES string of the molecule is CC(C)(I)C1CCC=N1. The van der Waals surface area contributed by atoms with Crippen molar-refractivity contribution in [3.63, 3.8) is 0 Å². The number of rotatable bonds is 1. The number of hydrogen-bond donors (Lipinski definition) is 0. The van der Waals surface area contributed by atoms with E-state index in [2.05, 4.69) is 41.4 Å². The molecule has 1 atom stereocenters. The summed E-state index contributed by atoms with van der Waals surface area (Å²) in [6.07, 6.45) is 4.47. The average molecular weight is 237 g/mol. The predicted molar refractivity (Wildman–Crippen MR) is 49.6 cm³/mol. The average Bonchev–Trinajstić information content (AvgIpc) is 2.08. The van der Waals surface area contributed by atoms with Crippen LogP contribution in [0.2, 0.25) is 0 Å². The Hall–Kier alpha value is 0.400. The van der Waals surface area contributed by atoms with Gasteiger partial charge in [-0.05, 0) is 32.9 Å². The molecule has 0 aromatic carbocycles. The molecule has 0 saturated heterocycles. The van der Waals surface area contributed by atoms with Crippen LogP contribution in [0.25, 0.3) is 0 Å². The highest BCUT2D eigenvalue weighted by Crippen LogP contribution is 2.29. The zero-order chi connectivity index (χ0) is 6.91. The molecule has 0 aromatic rings. The summed E-state index contributed by atoms with van der Waals surface area (Å²) in [6, 6.07) is 0.568. The van der Waals surface area contributed by atoms with E-state index >= 15 is 0 Å². The smallest absolute Gasteiger partial charge is 0.0639 e. The molecule has 0 fully saturated rings. The van der Waals surface area contributed by atoms with E-state index in [1.807, 2.05) is 6.21 Å². The molecule has 0 spiro atoms. The Morgan fingerprint density at radius 2 is 2.33 bits per heavy atom. The molecule has 0 aliphatic carbocycles. The van der Waals surface area contributed by atoms with E-state index in [-0.39, 0.29) is 0 Å². The molecular weight excluding hydrogens is 225 g/mol. The maximum atomic E-state index is 4.37. The second-order valence-electron chi connectivity index (χ2n) is 2.99. The van der Waals surface area contributed by atoms with Gasteiger partial charge in [-0.1, -0.05) is 22.6 Å². The van der Waals surface area contributed by atoms with Gasteiger partial charge in [-0.3, -0.25) is 4.99 Å². The molecule has 1 heterocycles. The Labute approximate surface area is 70.1 Å². The third kappa shape index (κ3) is 1.92. The van der Waals surface area contributed by atoms with Gasteiger partial charge in [0.2, 0.25) is 0 Å². The van der Waals surface area contributed by atoms with E-state index in [0.29, 0.717) is 9.46 Å². The Morgan fingerprint density at radius 1 is 1.67 bits per heavy atom. The maximum Gasteiger partial charge on any atom is 0.0639 e. The van der Waals surface area contributed by atoms with E-state index in [4.69, 9.17) is 0 Å². The minimum absolute atomic E-state index is 0.352. The van der Waals surface area contributed by atoms with Gasteiger partial charge in [0.25, 0.3) is 0 Å². The van der Waals surface area contributed by atoms with E-state index < -0.39 is 0 Å². The Bertz CT molecular complexity index is 123. The van der Waals surface area contributed by atoms with Gasteiger partial charge >= 0.3 is 0 Å². The van der Waals surface area contributed by atoms with Gasteiger partial charge in [0.05, 0.1) is 6.04 Å². The second kappa shape index (κ2) is 2.56. The highest BCUT2D eigenvalue weighted by atomic mass is 127. The van der Waals surface area contributed by atoms with Crippen molar-refractivity contribution in [3.05, 3.63) is 0 Å². The summed E-state index contributed by atoms with van der Waals surface area (Å²) in [5.74, 6) is 0. The monoisotopic (exact) mass is 237 g/mol. The molecule has 9 heavy (non-hydrogen) atoms. The van der Waals surface area contributed by atoms with Gasteiger partial charge in [-0.15, -0.1) is 0 Å². The lowest BCUT2D eigenvalue weighted by atomic mass is 10.0. The van der Waals surface area contributed by atoms with Crippen molar-refractivity contribution in [1.82, 2.24) is 0 Å². The van der Waals surface area contributed by atoms with Crippen LogP contribution in [0.3, 0.4) is 0 Å². The Morgan fingerprint density at radius 3 is 2.56 bits per heavy atom. The summed E-state index contributed by atoms with van der Waals surface area (Å²) in [5, 5.41) is 0. The molecule has 0 bridgehead atoms. The van der Waals surface area contributed by atoms with Gasteiger partial charge < -0.3 is 0 Å². The molecule has 1 rings (SSSR count). The minimum Gasteiger partial charge on any atom is -0.293 e. The highest BCUT2D eigenvalue weighted by Gasteiger charge is 2.26. The summed E-state index contributed by atoms with van der Waals surface area (Å²) in [4.78, 5) is 4.37. The number of nitrogens with zero attached hydrogens (tertiary/aromatic N) is 1. The summed E-state index contributed by atoms with van der Waals surface area (Å²) in [5.41, 5.74) is 0. The first kappa shape index (κ1) is 7.51. The number of hydrogen-bond acceptors (Lipinski definition) is 1. The van der Waals surface area contributed by atoms with Crippen molar-refractivity contribution in [2.24, 2.45) is 4.99 Å². The lowest BCUT2D eigenvalue weighted by molar-refractivity contribution is 0.561. The van der Waals surface area contributed by atoms with Gasteiger partial charge in [0.15, 0.2) is 0 Å². The van der Waals surface area contributed by atoms with Crippen molar-refractivity contribution in [2.75, 3.05) is 0 Å². The van der Waals surface area contributed by atoms with Crippen molar-refractivity contribution >= 4 is 28.8 Å². The lowest BCUT2D eigenvalue weighted by Gasteiger charge is -2.21. The fourth-order valence-corrected chi connectivity index (χ4v) is 1.50. The zero-order valence-electron chi connectivity index (χ0n) is 5.89. The number of halogens is 1. The molecule has 2 heteroatoms. The quantitative estimate of drug-likeness (QED) is 0.490. The molecular formula is C7H12IN. The van der Waals surface area contributed by atoms with Gasteiger partial charge in [-0.2, -0.15) is 0 Å². The molecule has 1 unspecified atom stereocenters. The van der Waals surface area contributed by atoms with Crippen molar-refractivity contribution in [1.29, 1.82) is 0 Å². The molecule has 0 aromatic heterocycles. The van der Waals surface area contributed by atoms with E-state index in [1.54, 1.807) is 0 Å². The number of aliphatic imine (C=N–C) groups is 1. The van der Waals surface area contributed by atoms with Crippen molar-refractivity contribution in [2.45, 2.75) is 36.2 Å². The maximum absolute atomic E-state index is 4.37. The van der Waals surface area contributed by atoms with Gasteiger partial charge in [-0.25, -0.2) is 0 Å². The molecule has 0 N–H and O–H groups in total. The zero-order valence-corrected chi connectivity index (χ0v) is 8.05. The minimum atomic E-state index is 0.352. The van der Waals surface area contributed by atoms with Crippen LogP contribution in [0.5, 0.6) is 0 Å². The lowest BCUT2D eigenvalue weighted by Crippen LogP contribution is -2.25. The molecule has 1 aliphatic rings. The first-order chi connectivity index (χ1) is 4.11. The van der Waals surface area contributed by atoms with E-state index in [0.717, 1.165) is 0 Å². The molecule has 0 saturated carbocycles. The first-order valence-electron chi connectivity index (χ1n) is 3.31. The number of alkyl halides is 1. The van der Waals surface area contributed by atoms with Gasteiger partial charge in [0.1, 0.15) is 0 Å². The molecule has 0 amide bonds. The summed E-state index contributed by atoms with van der Waals surface area (Å²) >= 11 is 2.46. The Kier molecular flexibility index (Phi) is 2.14. The molecule has 1 nitrogen and oxygen atoms in total. The van der Waals surface area contributed by atoms with Gasteiger partial charge in [0, 0.05) is 3.42 Å². The molecule has 0 radical (unpaired) electrons. The molecule has 1 aliphatic heterocycles. The Balaban J connectivity index is 2.53. The molecule has 52 valence electrons. The largest absolute Gasteiger partial charge is 0.293 e. The fraction of sp³-hybridized carbons (Fsp3) is 0.857. The summed E-state index contributed by atoms with van der Waals surface area (Å²) < 4.78 is 0.352. The third-order valence-electron chi connectivity index (χ3n) is 1.65. The van der Waals surface area contributed by atoms with Crippen LogP contribution in [0.1, 0.15) is 26.7 Å². The van der Waals surface area contributed by atoms with Crippen LogP contribution in [-0.4, -0.2) is 15.7 Å². The van der Waals surface area contributed by atoms with Crippen LogP contribution in [-0.2, 0) is 0 Å². The van der Waals surface area contributed by atoms with Crippen molar-refractivity contribution in [3.8, 4) is 0 Å². The van der Waals surface area contributed by atoms with Crippen molar-refractivity contribution < 1.29 is 0 Å². The van der Waals surface area contributed by atoms with Crippen LogP contribution in [0, 0.1) is 0 Å². The topological polar surface area (TPSA) is 12.4 Å². The standard InChI is InChI=1S/C7H12IN/c1-7(2,8)6-4-3-5-9-6/h5-6H,3-4H2,1-2H3. The van der Waals surface area contributed by atoms with Crippen LogP contribution in [0.15, 0.2) is 4.99 Å². The van der Waals surface area contributed by atoms with E-state index in [1.165, 1.54) is 12.8 Å².